The van der Waals surface area contributed by atoms with Gasteiger partial charge in [0.25, 0.3) is 11.8 Å². The largest absolute Gasteiger partial charge is 0.465 e. The second-order valence-electron chi connectivity index (χ2n) is 13.6. The van der Waals surface area contributed by atoms with Crippen LogP contribution in [0.1, 0.15) is 98.7 Å². The van der Waals surface area contributed by atoms with E-state index >= 15 is 0 Å². The lowest BCUT2D eigenvalue weighted by molar-refractivity contribution is 0.0600. The summed E-state index contributed by atoms with van der Waals surface area (Å²) in [6, 6.07) is 24.0. The number of rotatable bonds is 15. The Morgan fingerprint density at radius 3 is 2.14 bits per heavy atom. The molecule has 1 heterocycles. The summed E-state index contributed by atoms with van der Waals surface area (Å²) in [6.45, 7) is 11.3. The molecule has 0 aliphatic heterocycles. The topological polar surface area (TPSA) is 99.8 Å². The predicted octanol–water partition coefficient (Wildman–Crippen LogP) is 7.91. The van der Waals surface area contributed by atoms with Gasteiger partial charge >= 0.3 is 5.97 Å². The number of ether oxygens (including phenoxy) is 1. The van der Waals surface area contributed by atoms with Crippen LogP contribution in [0.2, 0.25) is 0 Å². The third kappa shape index (κ3) is 9.90. The van der Waals surface area contributed by atoms with E-state index in [2.05, 4.69) is 54.6 Å². The van der Waals surface area contributed by atoms with Crippen molar-refractivity contribution >= 4 is 39.8 Å². The van der Waals surface area contributed by atoms with Crippen LogP contribution in [0.15, 0.2) is 72.8 Å². The molecule has 1 aliphatic rings. The van der Waals surface area contributed by atoms with Crippen molar-refractivity contribution in [3.05, 3.63) is 117 Å². The van der Waals surface area contributed by atoms with Gasteiger partial charge in [0.15, 0.2) is 0 Å². The second kappa shape index (κ2) is 17.6. The van der Waals surface area contributed by atoms with Crippen molar-refractivity contribution in [1.29, 1.82) is 0 Å². The van der Waals surface area contributed by atoms with Crippen LogP contribution in [0, 0.1) is 0 Å². The number of methoxy groups -OCH3 is 1. The molecule has 5 rings (SSSR count). The van der Waals surface area contributed by atoms with Gasteiger partial charge < -0.3 is 20.7 Å². The maximum Gasteiger partial charge on any atom is 0.337 e. The number of carbonyl (C=O) groups is 3. The molecule has 3 N–H and O–H groups in total. The van der Waals surface area contributed by atoms with Gasteiger partial charge in [-0.05, 0) is 111 Å². The molecule has 3 aromatic carbocycles. The summed E-state index contributed by atoms with van der Waals surface area (Å²) >= 11 is 1.53. The third-order valence-corrected chi connectivity index (χ3v) is 10.4. The van der Waals surface area contributed by atoms with E-state index in [1.54, 1.807) is 12.1 Å². The normalized spacial score (nSPS) is 12.6. The van der Waals surface area contributed by atoms with Crippen molar-refractivity contribution in [1.82, 2.24) is 10.2 Å². The lowest BCUT2D eigenvalue weighted by Crippen LogP contribution is -2.38. The molecule has 264 valence electrons. The van der Waals surface area contributed by atoms with Crippen molar-refractivity contribution < 1.29 is 19.1 Å². The Balaban J connectivity index is 1.24. The molecule has 0 unspecified atom stereocenters. The Kier molecular flexibility index (Phi) is 13.0. The monoisotopic (exact) mass is 694 g/mol. The van der Waals surface area contributed by atoms with Gasteiger partial charge in [0.2, 0.25) is 0 Å². The maximum absolute atomic E-state index is 13.8. The number of anilines is 2. The molecule has 50 heavy (non-hydrogen) atoms. The van der Waals surface area contributed by atoms with Gasteiger partial charge in [-0.1, -0.05) is 50.2 Å². The average molecular weight is 695 g/mol. The van der Waals surface area contributed by atoms with E-state index in [4.69, 9.17) is 4.74 Å². The summed E-state index contributed by atoms with van der Waals surface area (Å²) in [5.41, 5.74) is 6.82. The molecule has 9 heteroatoms. The lowest BCUT2D eigenvalue weighted by Gasteiger charge is -2.27. The summed E-state index contributed by atoms with van der Waals surface area (Å²) in [5, 5.41) is 10.3. The minimum Gasteiger partial charge on any atom is -0.465 e. The molecule has 0 saturated heterocycles. The van der Waals surface area contributed by atoms with Gasteiger partial charge in [-0.15, -0.1) is 11.3 Å². The van der Waals surface area contributed by atoms with E-state index in [0.717, 1.165) is 80.4 Å². The number of nitrogens with zero attached hydrogens (tertiary/aromatic N) is 1. The minimum absolute atomic E-state index is 0.200. The van der Waals surface area contributed by atoms with Gasteiger partial charge in [0.05, 0.1) is 18.2 Å². The van der Waals surface area contributed by atoms with Crippen LogP contribution in [0.3, 0.4) is 0 Å². The van der Waals surface area contributed by atoms with Crippen LogP contribution >= 0.6 is 11.3 Å². The summed E-state index contributed by atoms with van der Waals surface area (Å²) in [4.78, 5) is 42.8. The molecular formula is C41H50N4O4S. The molecule has 0 saturated carbocycles. The minimum atomic E-state index is -0.341. The van der Waals surface area contributed by atoms with E-state index in [1.165, 1.54) is 23.3 Å². The summed E-state index contributed by atoms with van der Waals surface area (Å²) < 4.78 is 4.78. The van der Waals surface area contributed by atoms with Crippen LogP contribution < -0.4 is 16.0 Å². The summed E-state index contributed by atoms with van der Waals surface area (Å²) in [5.74, 6) is -0.748. The number of amides is 2. The zero-order valence-electron chi connectivity index (χ0n) is 29.9. The molecule has 2 amide bonds. The van der Waals surface area contributed by atoms with Crippen LogP contribution in [-0.2, 0) is 37.0 Å². The van der Waals surface area contributed by atoms with Crippen molar-refractivity contribution in [3.8, 4) is 0 Å². The first-order valence-electron chi connectivity index (χ1n) is 17.7. The molecule has 4 aromatic rings. The number of benzene rings is 3. The predicted molar refractivity (Wildman–Crippen MR) is 204 cm³/mol. The van der Waals surface area contributed by atoms with Crippen molar-refractivity contribution in [2.45, 2.75) is 84.8 Å². The highest BCUT2D eigenvalue weighted by molar-refractivity contribution is 7.17. The molecule has 8 nitrogen and oxygen atoms in total. The van der Waals surface area contributed by atoms with E-state index in [1.807, 2.05) is 54.6 Å². The van der Waals surface area contributed by atoms with Crippen LogP contribution in [-0.4, -0.2) is 55.0 Å². The van der Waals surface area contributed by atoms with Crippen molar-refractivity contribution in [2.75, 3.05) is 30.8 Å². The number of hydrogen-bond donors (Lipinski definition) is 3. The quantitative estimate of drug-likeness (QED) is 0.109. The zero-order chi connectivity index (χ0) is 35.6. The average Bonchev–Trinajstić information content (AvgIpc) is 3.48. The fourth-order valence-electron chi connectivity index (χ4n) is 6.29. The van der Waals surface area contributed by atoms with Gasteiger partial charge in [0.1, 0.15) is 5.00 Å². The Hall–Kier alpha value is -4.31. The van der Waals surface area contributed by atoms with E-state index < -0.39 is 0 Å². The molecule has 1 aromatic heterocycles. The van der Waals surface area contributed by atoms with Gasteiger partial charge in [0, 0.05) is 47.8 Å². The first kappa shape index (κ1) is 37.0. The fourth-order valence-corrected chi connectivity index (χ4v) is 7.58. The Labute approximate surface area is 300 Å². The molecule has 0 bridgehead atoms. The first-order chi connectivity index (χ1) is 24.1. The summed E-state index contributed by atoms with van der Waals surface area (Å²) in [6.07, 6.45) is 5.51. The van der Waals surface area contributed by atoms with Gasteiger partial charge in [-0.2, -0.15) is 0 Å². The Bertz CT molecular complexity index is 1760. The standard InChI is InChI=1S/C41H50N4O4S/c1-27(2)42-23-24-45(28(3)4)26-31-9-8-10-33(25-31)38(46)44-40-37(35-11-6-7-12-36(35)50-40)39(47)43-34-21-17-30(18-22-34)14-13-29-15-19-32(20-16-29)41(48)49-5/h8-10,15-22,25,27-28,42H,6-7,11-14,23-24,26H2,1-5H3,(H,43,47)(H,44,46). The van der Waals surface area contributed by atoms with Crippen molar-refractivity contribution in [3.63, 3.8) is 0 Å². The van der Waals surface area contributed by atoms with E-state index in [0.29, 0.717) is 39.5 Å². The number of esters is 1. The van der Waals surface area contributed by atoms with Crippen LogP contribution in [0.4, 0.5) is 10.7 Å². The molecule has 0 spiro atoms. The molecule has 0 fully saturated rings. The maximum atomic E-state index is 13.8. The van der Waals surface area contributed by atoms with E-state index in [-0.39, 0.29) is 17.8 Å². The zero-order valence-corrected chi connectivity index (χ0v) is 30.8. The van der Waals surface area contributed by atoms with Gasteiger partial charge in [-0.25, -0.2) is 4.79 Å². The Morgan fingerprint density at radius 2 is 1.48 bits per heavy atom. The number of aryl methyl sites for hydroxylation is 3. The molecule has 0 atom stereocenters. The number of nitrogens with one attached hydrogen (secondary N) is 3. The number of hydrogen-bond acceptors (Lipinski definition) is 7. The SMILES string of the molecule is COC(=O)c1ccc(CCc2ccc(NC(=O)c3c(NC(=O)c4cccc(CN(CCNC(C)C)C(C)C)c4)sc4c3CCCC4)cc2)cc1. The van der Waals surface area contributed by atoms with Crippen LogP contribution in [0.5, 0.6) is 0 Å². The second-order valence-corrected chi connectivity index (χ2v) is 14.7. The highest BCUT2D eigenvalue weighted by Gasteiger charge is 2.27. The molecule has 0 radical (unpaired) electrons. The molecule has 1 aliphatic carbocycles. The number of thiophene rings is 1. The number of carbonyl (C=O) groups excluding carboxylic acids is 3. The first-order valence-corrected chi connectivity index (χ1v) is 18.5. The smallest absolute Gasteiger partial charge is 0.337 e. The fraction of sp³-hybridized carbons (Fsp3) is 0.390. The highest BCUT2D eigenvalue weighted by Crippen LogP contribution is 2.39. The summed E-state index contributed by atoms with van der Waals surface area (Å²) in [7, 11) is 1.38. The van der Waals surface area contributed by atoms with Gasteiger partial charge in [-0.3, -0.25) is 14.5 Å². The van der Waals surface area contributed by atoms with E-state index in [9.17, 15) is 14.4 Å². The number of fused-ring (bicyclic) bond motifs is 1. The third-order valence-electron chi connectivity index (χ3n) is 9.17. The lowest BCUT2D eigenvalue weighted by atomic mass is 9.95. The molecular weight excluding hydrogens is 645 g/mol. The Morgan fingerprint density at radius 1 is 0.800 bits per heavy atom. The highest BCUT2D eigenvalue weighted by atomic mass is 32.1. The van der Waals surface area contributed by atoms with Crippen molar-refractivity contribution in [2.24, 2.45) is 0 Å². The van der Waals surface area contributed by atoms with Crippen LogP contribution in [0.25, 0.3) is 0 Å².